The van der Waals surface area contributed by atoms with Crippen molar-refractivity contribution < 1.29 is 19.5 Å². The Morgan fingerprint density at radius 2 is 1.96 bits per heavy atom. The monoisotopic (exact) mass is 381 g/mol. The van der Waals surface area contributed by atoms with Crippen molar-refractivity contribution in [2.24, 2.45) is 5.92 Å². The standard InChI is InChI=1S/C17H27N5O5/c1-11(10-23)7-13(24)9-14(25)18-5-3-4-6-19-17(27)22-16-20-12(2)8-15(26)21-16/h8,10-11,13,24H,3-7,9H2,1-2H3,(H,18,25)(H3,19,20,21,22,26,27)/t11?,13-/m0/s1. The van der Waals surface area contributed by atoms with Crippen molar-refractivity contribution in [3.63, 3.8) is 0 Å². The number of carbonyl (C=O) groups excluding carboxylic acids is 3. The summed E-state index contributed by atoms with van der Waals surface area (Å²) in [6, 6.07) is 0.833. The molecule has 1 aromatic rings. The van der Waals surface area contributed by atoms with E-state index in [1.807, 2.05) is 0 Å². The highest BCUT2D eigenvalue weighted by molar-refractivity contribution is 5.87. The fourth-order valence-corrected chi connectivity index (χ4v) is 2.32. The van der Waals surface area contributed by atoms with Crippen molar-refractivity contribution in [1.82, 2.24) is 20.6 Å². The third kappa shape index (κ3) is 10.1. The number of rotatable bonds is 11. The van der Waals surface area contributed by atoms with E-state index in [1.165, 1.54) is 6.07 Å². The highest BCUT2D eigenvalue weighted by Gasteiger charge is 2.13. The third-order valence-corrected chi connectivity index (χ3v) is 3.62. The minimum absolute atomic E-state index is 0.0411. The van der Waals surface area contributed by atoms with Gasteiger partial charge in [-0.15, -0.1) is 0 Å². The predicted molar refractivity (Wildman–Crippen MR) is 99.3 cm³/mol. The van der Waals surface area contributed by atoms with Crippen LogP contribution >= 0.6 is 0 Å². The Morgan fingerprint density at radius 3 is 2.59 bits per heavy atom. The number of nitrogens with one attached hydrogen (secondary N) is 4. The van der Waals surface area contributed by atoms with Crippen molar-refractivity contribution in [1.29, 1.82) is 0 Å². The normalized spacial score (nSPS) is 12.7. The lowest BCUT2D eigenvalue weighted by atomic mass is 10.0. The lowest BCUT2D eigenvalue weighted by Gasteiger charge is -2.12. The zero-order valence-electron chi connectivity index (χ0n) is 15.6. The Bertz CT molecular complexity index is 691. The van der Waals surface area contributed by atoms with E-state index in [0.717, 1.165) is 6.29 Å². The fourth-order valence-electron chi connectivity index (χ4n) is 2.32. The average Bonchev–Trinajstić information content (AvgIpc) is 2.56. The molecule has 3 amide bonds. The SMILES string of the molecule is Cc1cc(=O)nc(NC(=O)NCCCCNC(=O)C[C@@H](O)CC(C)C=O)[nH]1. The van der Waals surface area contributed by atoms with Crippen LogP contribution in [-0.2, 0) is 9.59 Å². The van der Waals surface area contributed by atoms with Crippen molar-refractivity contribution in [2.75, 3.05) is 18.4 Å². The second-order valence-corrected chi connectivity index (χ2v) is 6.40. The number of aliphatic hydroxyl groups is 1. The minimum Gasteiger partial charge on any atom is -0.393 e. The molecule has 0 saturated carbocycles. The molecule has 150 valence electrons. The number of urea groups is 1. The molecule has 10 nitrogen and oxygen atoms in total. The highest BCUT2D eigenvalue weighted by Crippen LogP contribution is 2.06. The van der Waals surface area contributed by atoms with Crippen molar-refractivity contribution in [3.8, 4) is 0 Å². The van der Waals surface area contributed by atoms with Crippen LogP contribution < -0.4 is 21.5 Å². The van der Waals surface area contributed by atoms with Gasteiger partial charge in [-0.2, -0.15) is 4.98 Å². The van der Waals surface area contributed by atoms with Gasteiger partial charge in [0.15, 0.2) is 0 Å². The molecular weight excluding hydrogens is 354 g/mol. The van der Waals surface area contributed by atoms with Crippen LogP contribution in [0.4, 0.5) is 10.7 Å². The summed E-state index contributed by atoms with van der Waals surface area (Å²) in [5, 5.41) is 17.4. The first kappa shape index (κ1) is 22.3. The zero-order valence-corrected chi connectivity index (χ0v) is 15.6. The van der Waals surface area contributed by atoms with Crippen LogP contribution in [0, 0.1) is 12.8 Å². The van der Waals surface area contributed by atoms with Gasteiger partial charge in [0.1, 0.15) is 6.29 Å². The van der Waals surface area contributed by atoms with E-state index in [2.05, 4.69) is 25.9 Å². The van der Waals surface area contributed by atoms with Gasteiger partial charge in [0, 0.05) is 30.8 Å². The second kappa shape index (κ2) is 11.8. The van der Waals surface area contributed by atoms with Gasteiger partial charge in [-0.1, -0.05) is 6.92 Å². The molecule has 1 unspecified atom stereocenters. The first-order valence-corrected chi connectivity index (χ1v) is 8.83. The van der Waals surface area contributed by atoms with Gasteiger partial charge in [-0.05, 0) is 26.2 Å². The van der Waals surface area contributed by atoms with E-state index in [0.29, 0.717) is 31.6 Å². The summed E-state index contributed by atoms with van der Waals surface area (Å²) in [4.78, 5) is 51.5. The van der Waals surface area contributed by atoms with Gasteiger partial charge in [-0.25, -0.2) is 4.79 Å². The van der Waals surface area contributed by atoms with Crippen LogP contribution in [0.3, 0.4) is 0 Å². The summed E-state index contributed by atoms with van der Waals surface area (Å²) >= 11 is 0. The summed E-state index contributed by atoms with van der Waals surface area (Å²) in [5.74, 6) is -0.481. The summed E-state index contributed by atoms with van der Waals surface area (Å²) in [6.45, 7) is 4.17. The molecule has 0 fully saturated rings. The number of aromatic nitrogens is 2. The molecular formula is C17H27N5O5. The highest BCUT2D eigenvalue weighted by atomic mass is 16.3. The molecule has 10 heteroatoms. The Labute approximate surface area is 157 Å². The molecule has 1 aromatic heterocycles. The second-order valence-electron chi connectivity index (χ2n) is 6.40. The molecule has 5 N–H and O–H groups in total. The number of aromatic amines is 1. The van der Waals surface area contributed by atoms with Gasteiger partial charge in [-0.3, -0.25) is 14.9 Å². The fraction of sp³-hybridized carbons (Fsp3) is 0.588. The van der Waals surface area contributed by atoms with E-state index in [4.69, 9.17) is 0 Å². The third-order valence-electron chi connectivity index (χ3n) is 3.62. The van der Waals surface area contributed by atoms with Gasteiger partial charge < -0.3 is 25.5 Å². The molecule has 0 saturated heterocycles. The largest absolute Gasteiger partial charge is 0.393 e. The summed E-state index contributed by atoms with van der Waals surface area (Å²) in [6.07, 6.45) is 1.41. The number of aliphatic hydroxyl groups excluding tert-OH is 1. The quantitative estimate of drug-likeness (QED) is 0.270. The number of aryl methyl sites for hydroxylation is 1. The first-order valence-electron chi connectivity index (χ1n) is 8.83. The van der Waals surface area contributed by atoms with Crippen molar-refractivity contribution in [2.45, 2.75) is 45.6 Å². The topological polar surface area (TPSA) is 153 Å². The molecule has 0 radical (unpaired) electrons. The van der Waals surface area contributed by atoms with Crippen molar-refractivity contribution >= 4 is 24.2 Å². The van der Waals surface area contributed by atoms with Crippen LogP contribution in [0.15, 0.2) is 10.9 Å². The minimum atomic E-state index is -0.836. The number of H-pyrrole nitrogens is 1. The molecule has 0 aliphatic carbocycles. The summed E-state index contributed by atoms with van der Waals surface area (Å²) in [5.41, 5.74) is 0.148. The van der Waals surface area contributed by atoms with Crippen LogP contribution in [0.1, 0.15) is 38.3 Å². The smallest absolute Gasteiger partial charge is 0.321 e. The Balaban J connectivity index is 2.12. The van der Waals surface area contributed by atoms with E-state index in [9.17, 15) is 24.3 Å². The summed E-state index contributed by atoms with van der Waals surface area (Å²) < 4.78 is 0. The van der Waals surface area contributed by atoms with Crippen LogP contribution in [0.25, 0.3) is 0 Å². The zero-order chi connectivity index (χ0) is 20.2. The maximum Gasteiger partial charge on any atom is 0.321 e. The maximum absolute atomic E-state index is 11.7. The van der Waals surface area contributed by atoms with E-state index >= 15 is 0 Å². The number of amides is 3. The molecule has 0 spiro atoms. The number of unbranched alkanes of at least 4 members (excludes halogenated alkanes) is 1. The Morgan fingerprint density at radius 1 is 1.30 bits per heavy atom. The van der Waals surface area contributed by atoms with E-state index < -0.39 is 17.7 Å². The van der Waals surface area contributed by atoms with E-state index in [-0.39, 0.29) is 30.6 Å². The number of hydrogen-bond acceptors (Lipinski definition) is 6. The van der Waals surface area contributed by atoms with Gasteiger partial charge in [0.2, 0.25) is 11.9 Å². The molecule has 0 bridgehead atoms. The molecule has 0 aromatic carbocycles. The Hall–Kier alpha value is -2.75. The van der Waals surface area contributed by atoms with Gasteiger partial charge in [0.25, 0.3) is 5.56 Å². The molecule has 1 heterocycles. The first-order chi connectivity index (χ1) is 12.8. The molecule has 0 aliphatic rings. The lowest BCUT2D eigenvalue weighted by Crippen LogP contribution is -2.32. The van der Waals surface area contributed by atoms with Gasteiger partial charge >= 0.3 is 6.03 Å². The van der Waals surface area contributed by atoms with Crippen LogP contribution in [-0.4, -0.2) is 52.5 Å². The molecule has 2 atom stereocenters. The van der Waals surface area contributed by atoms with Crippen molar-refractivity contribution in [3.05, 3.63) is 22.1 Å². The van der Waals surface area contributed by atoms with E-state index in [1.54, 1.807) is 13.8 Å². The predicted octanol–water partition coefficient (Wildman–Crippen LogP) is 0.0723. The number of aldehydes is 1. The molecule has 27 heavy (non-hydrogen) atoms. The van der Waals surface area contributed by atoms with Gasteiger partial charge in [0.05, 0.1) is 12.5 Å². The lowest BCUT2D eigenvalue weighted by molar-refractivity contribution is -0.123. The number of nitrogens with zero attached hydrogens (tertiary/aromatic N) is 1. The molecule has 1 rings (SSSR count). The van der Waals surface area contributed by atoms with Crippen LogP contribution in [0.5, 0.6) is 0 Å². The van der Waals surface area contributed by atoms with Crippen LogP contribution in [0.2, 0.25) is 0 Å². The maximum atomic E-state index is 11.7. The summed E-state index contributed by atoms with van der Waals surface area (Å²) in [7, 11) is 0. The Kier molecular flexibility index (Phi) is 9.73. The number of hydrogen-bond donors (Lipinski definition) is 5. The number of carbonyl (C=O) groups is 3. The number of anilines is 1. The molecule has 0 aliphatic heterocycles. The average molecular weight is 381 g/mol.